The maximum absolute atomic E-state index is 12.1. The van der Waals surface area contributed by atoms with Crippen molar-refractivity contribution in [1.82, 2.24) is 4.90 Å². The molecule has 0 aliphatic carbocycles. The molecule has 1 aromatic rings. The third kappa shape index (κ3) is 4.27. The van der Waals surface area contributed by atoms with Crippen molar-refractivity contribution in [1.29, 1.82) is 0 Å². The van der Waals surface area contributed by atoms with Gasteiger partial charge in [0.05, 0.1) is 5.69 Å². The first-order valence-corrected chi connectivity index (χ1v) is 6.31. The molecule has 0 unspecified atom stereocenters. The normalized spacial score (nSPS) is 11.0. The van der Waals surface area contributed by atoms with Crippen LogP contribution in [0, 0.1) is 0 Å². The molecular weight excluding hydrogens is 256 g/mol. The smallest absolute Gasteiger partial charge is 0.253 e. The summed E-state index contributed by atoms with van der Waals surface area (Å²) < 4.78 is 0. The van der Waals surface area contributed by atoms with Gasteiger partial charge < -0.3 is 22.1 Å². The van der Waals surface area contributed by atoms with E-state index < -0.39 is 0 Å². The monoisotopic (exact) mass is 276 g/mol. The fourth-order valence-corrected chi connectivity index (χ4v) is 1.66. The second-order valence-corrected chi connectivity index (χ2v) is 4.03. The first kappa shape index (κ1) is 15.5. The Morgan fingerprint density at radius 1 is 1.10 bits per heavy atom. The molecule has 108 valence electrons. The van der Waals surface area contributed by atoms with E-state index in [4.69, 9.17) is 17.2 Å². The third-order valence-electron chi connectivity index (χ3n) is 2.65. The van der Waals surface area contributed by atoms with Gasteiger partial charge in [-0.1, -0.05) is 0 Å². The number of benzene rings is 1. The van der Waals surface area contributed by atoms with Gasteiger partial charge in [-0.25, -0.2) is 4.99 Å². The number of aliphatic imine (C=N–C) groups is 2. The lowest BCUT2D eigenvalue weighted by Crippen LogP contribution is -2.30. The molecule has 20 heavy (non-hydrogen) atoms. The van der Waals surface area contributed by atoms with E-state index in [1.165, 1.54) is 0 Å². The van der Waals surface area contributed by atoms with Crippen molar-refractivity contribution in [3.63, 3.8) is 0 Å². The van der Waals surface area contributed by atoms with E-state index in [1.807, 2.05) is 13.8 Å². The Morgan fingerprint density at radius 2 is 1.65 bits per heavy atom. The van der Waals surface area contributed by atoms with Crippen molar-refractivity contribution in [3.05, 3.63) is 29.8 Å². The molecule has 0 saturated heterocycles. The standard InChI is InChI=1S/C13H20N6O/c1-3-19(4-2)11(20)9-5-7-10(8-6-9)17-13(16)18-12(14)15/h5-8H,3-4H2,1-2H3,(H6,14,15,16,17,18). The zero-order valence-electron chi connectivity index (χ0n) is 11.7. The minimum Gasteiger partial charge on any atom is -0.370 e. The molecule has 6 N–H and O–H groups in total. The topological polar surface area (TPSA) is 123 Å². The largest absolute Gasteiger partial charge is 0.370 e. The SMILES string of the molecule is CCN(CC)C(=O)c1ccc(N=C(N)N=C(N)N)cc1. The van der Waals surface area contributed by atoms with Crippen LogP contribution < -0.4 is 17.2 Å². The van der Waals surface area contributed by atoms with Crippen LogP contribution in [0.2, 0.25) is 0 Å². The second-order valence-electron chi connectivity index (χ2n) is 4.03. The molecule has 0 radical (unpaired) electrons. The molecule has 0 aliphatic heterocycles. The molecule has 0 heterocycles. The number of amides is 1. The van der Waals surface area contributed by atoms with Gasteiger partial charge in [-0.15, -0.1) is 0 Å². The average Bonchev–Trinajstić information content (AvgIpc) is 2.39. The van der Waals surface area contributed by atoms with E-state index >= 15 is 0 Å². The molecule has 1 amide bonds. The Kier molecular flexibility index (Phi) is 5.52. The summed E-state index contributed by atoms with van der Waals surface area (Å²) in [6, 6.07) is 6.77. The van der Waals surface area contributed by atoms with Crippen molar-refractivity contribution in [2.75, 3.05) is 13.1 Å². The fraction of sp³-hybridized carbons (Fsp3) is 0.308. The van der Waals surface area contributed by atoms with Crippen LogP contribution in [0.25, 0.3) is 0 Å². The first-order valence-electron chi connectivity index (χ1n) is 6.31. The van der Waals surface area contributed by atoms with Gasteiger partial charge in [-0.05, 0) is 38.1 Å². The summed E-state index contributed by atoms with van der Waals surface area (Å²) in [5, 5.41) is 0. The highest BCUT2D eigenvalue weighted by atomic mass is 16.2. The van der Waals surface area contributed by atoms with Gasteiger partial charge in [-0.3, -0.25) is 4.79 Å². The Hall–Kier alpha value is -2.57. The molecule has 0 atom stereocenters. The van der Waals surface area contributed by atoms with Gasteiger partial charge in [-0.2, -0.15) is 4.99 Å². The molecule has 7 nitrogen and oxygen atoms in total. The van der Waals surface area contributed by atoms with Crippen LogP contribution in [0.1, 0.15) is 24.2 Å². The van der Waals surface area contributed by atoms with Gasteiger partial charge in [0.1, 0.15) is 0 Å². The van der Waals surface area contributed by atoms with Crippen LogP contribution in [0.4, 0.5) is 5.69 Å². The van der Waals surface area contributed by atoms with Gasteiger partial charge in [0.15, 0.2) is 5.96 Å². The second kappa shape index (κ2) is 7.13. The minimum absolute atomic E-state index is 0.0114. The van der Waals surface area contributed by atoms with Crippen LogP contribution in [0.15, 0.2) is 34.3 Å². The lowest BCUT2D eigenvalue weighted by Gasteiger charge is -2.18. The highest BCUT2D eigenvalue weighted by molar-refractivity contribution is 5.95. The molecule has 0 aliphatic rings. The summed E-state index contributed by atoms with van der Waals surface area (Å²) in [4.78, 5) is 21.5. The number of hydrogen-bond acceptors (Lipinski definition) is 2. The van der Waals surface area contributed by atoms with Crippen LogP contribution in [-0.2, 0) is 0 Å². The van der Waals surface area contributed by atoms with Gasteiger partial charge in [0.2, 0.25) is 5.96 Å². The minimum atomic E-state index is -0.153. The molecule has 0 fully saturated rings. The summed E-state index contributed by atoms with van der Waals surface area (Å²) in [6.07, 6.45) is 0. The summed E-state index contributed by atoms with van der Waals surface area (Å²) in [6.45, 7) is 5.23. The van der Waals surface area contributed by atoms with Crippen molar-refractivity contribution in [2.45, 2.75) is 13.8 Å². The predicted octanol–water partition coefficient (Wildman–Crippen LogP) is 0.388. The van der Waals surface area contributed by atoms with Gasteiger partial charge >= 0.3 is 0 Å². The van der Waals surface area contributed by atoms with Gasteiger partial charge in [0.25, 0.3) is 5.91 Å². The Labute approximate surface area is 118 Å². The van der Waals surface area contributed by atoms with Crippen LogP contribution in [-0.4, -0.2) is 35.8 Å². The Bertz CT molecular complexity index is 512. The number of carbonyl (C=O) groups is 1. The molecule has 0 spiro atoms. The molecule has 1 aromatic carbocycles. The number of hydrogen-bond donors (Lipinski definition) is 3. The molecule has 0 bridgehead atoms. The summed E-state index contributed by atoms with van der Waals surface area (Å²) in [5.41, 5.74) is 17.1. The molecule has 0 aromatic heterocycles. The zero-order chi connectivity index (χ0) is 15.1. The number of rotatable bonds is 4. The number of carbonyl (C=O) groups excluding carboxylic acids is 1. The number of nitrogens with two attached hydrogens (primary N) is 3. The van der Waals surface area contributed by atoms with Gasteiger partial charge in [0, 0.05) is 18.7 Å². The summed E-state index contributed by atoms with van der Waals surface area (Å²) in [5.74, 6) is -0.199. The maximum Gasteiger partial charge on any atom is 0.253 e. The molecular formula is C13H20N6O. The fourth-order valence-electron chi connectivity index (χ4n) is 1.66. The first-order chi connectivity index (χ1) is 9.47. The summed E-state index contributed by atoms with van der Waals surface area (Å²) >= 11 is 0. The summed E-state index contributed by atoms with van der Waals surface area (Å²) in [7, 11) is 0. The third-order valence-corrected chi connectivity index (χ3v) is 2.65. The lowest BCUT2D eigenvalue weighted by molar-refractivity contribution is 0.0773. The van der Waals surface area contributed by atoms with E-state index in [1.54, 1.807) is 29.2 Å². The highest BCUT2D eigenvalue weighted by Crippen LogP contribution is 2.14. The maximum atomic E-state index is 12.1. The molecule has 1 rings (SSSR count). The van der Waals surface area contributed by atoms with Crippen molar-refractivity contribution < 1.29 is 4.79 Å². The van der Waals surface area contributed by atoms with Crippen LogP contribution >= 0.6 is 0 Å². The number of guanidine groups is 2. The molecule has 7 heteroatoms. The van der Waals surface area contributed by atoms with Crippen molar-refractivity contribution in [3.8, 4) is 0 Å². The zero-order valence-corrected chi connectivity index (χ0v) is 11.7. The average molecular weight is 276 g/mol. The van der Waals surface area contributed by atoms with E-state index in [0.29, 0.717) is 24.3 Å². The van der Waals surface area contributed by atoms with Crippen molar-refractivity contribution in [2.24, 2.45) is 27.2 Å². The van der Waals surface area contributed by atoms with E-state index in [-0.39, 0.29) is 17.8 Å². The Balaban J connectivity index is 2.89. The Morgan fingerprint density at radius 3 is 2.10 bits per heavy atom. The number of nitrogens with zero attached hydrogens (tertiary/aromatic N) is 3. The van der Waals surface area contributed by atoms with Crippen LogP contribution in [0.3, 0.4) is 0 Å². The lowest BCUT2D eigenvalue weighted by atomic mass is 10.2. The van der Waals surface area contributed by atoms with Crippen LogP contribution in [0.5, 0.6) is 0 Å². The van der Waals surface area contributed by atoms with E-state index in [9.17, 15) is 4.79 Å². The molecule has 0 saturated carbocycles. The van der Waals surface area contributed by atoms with Crippen molar-refractivity contribution >= 4 is 23.5 Å². The highest BCUT2D eigenvalue weighted by Gasteiger charge is 2.11. The van der Waals surface area contributed by atoms with E-state index in [2.05, 4.69) is 9.98 Å². The predicted molar refractivity (Wildman–Crippen MR) is 80.8 cm³/mol. The van der Waals surface area contributed by atoms with E-state index in [0.717, 1.165) is 0 Å². The quantitative estimate of drug-likeness (QED) is 0.543.